The molecule has 28 heavy (non-hydrogen) atoms. The van der Waals surface area contributed by atoms with Crippen molar-refractivity contribution >= 4 is 40.8 Å². The molecule has 0 spiro atoms. The van der Waals surface area contributed by atoms with Crippen LogP contribution in [-0.4, -0.2) is 30.9 Å². The average molecular weight is 409 g/mol. The maximum absolute atomic E-state index is 13.9. The Bertz CT molecular complexity index is 938. The fraction of sp³-hybridized carbons (Fsp3) is 0.211. The fourth-order valence-electron chi connectivity index (χ4n) is 2.80. The van der Waals surface area contributed by atoms with Crippen molar-refractivity contribution in [2.45, 2.75) is 6.42 Å². The van der Waals surface area contributed by atoms with Crippen LogP contribution in [0.25, 0.3) is 0 Å². The van der Waals surface area contributed by atoms with Crippen molar-refractivity contribution in [2.24, 2.45) is 5.92 Å². The molecular weight excluding hydrogens is 394 g/mol. The minimum atomic E-state index is -0.827. The topological polar surface area (TPSA) is 75.7 Å². The summed E-state index contributed by atoms with van der Waals surface area (Å²) >= 11 is 5.63. The molecule has 2 amide bonds. The first-order chi connectivity index (χ1) is 13.3. The lowest BCUT2D eigenvalue weighted by molar-refractivity contribution is -0.151. The molecule has 2 aromatic rings. The van der Waals surface area contributed by atoms with Crippen LogP contribution < -0.4 is 10.2 Å². The van der Waals surface area contributed by atoms with Gasteiger partial charge in [0.05, 0.1) is 17.3 Å². The highest BCUT2D eigenvalue weighted by Crippen LogP contribution is 2.28. The summed E-state index contributed by atoms with van der Waals surface area (Å²) in [5.41, 5.74) is -0.0222. The Labute approximate surface area is 164 Å². The Morgan fingerprint density at radius 1 is 1.18 bits per heavy atom. The van der Waals surface area contributed by atoms with Gasteiger partial charge in [0.15, 0.2) is 6.61 Å². The zero-order valence-electron chi connectivity index (χ0n) is 14.5. The third kappa shape index (κ3) is 4.45. The van der Waals surface area contributed by atoms with Crippen molar-refractivity contribution < 1.29 is 27.9 Å². The molecule has 1 fully saturated rings. The van der Waals surface area contributed by atoms with Crippen LogP contribution in [0.3, 0.4) is 0 Å². The summed E-state index contributed by atoms with van der Waals surface area (Å²) in [5.74, 6) is -4.06. The Hall–Kier alpha value is -3.00. The number of carbonyl (C=O) groups is 3. The van der Waals surface area contributed by atoms with E-state index in [-0.39, 0.29) is 29.4 Å². The number of carbonyl (C=O) groups excluding carboxylic acids is 3. The molecule has 1 N–H and O–H groups in total. The number of anilines is 2. The Kier molecular flexibility index (Phi) is 5.89. The largest absolute Gasteiger partial charge is 0.455 e. The van der Waals surface area contributed by atoms with Gasteiger partial charge in [-0.25, -0.2) is 8.78 Å². The third-order valence-electron chi connectivity index (χ3n) is 4.15. The fourth-order valence-corrected chi connectivity index (χ4v) is 2.96. The molecule has 0 aromatic heterocycles. The molecule has 9 heteroatoms. The van der Waals surface area contributed by atoms with Gasteiger partial charge < -0.3 is 15.0 Å². The number of rotatable bonds is 5. The molecule has 146 valence electrons. The molecule has 0 bridgehead atoms. The summed E-state index contributed by atoms with van der Waals surface area (Å²) in [4.78, 5) is 37.3. The minimum absolute atomic E-state index is 0.0496. The summed E-state index contributed by atoms with van der Waals surface area (Å²) in [6.07, 6.45) is -0.152. The van der Waals surface area contributed by atoms with Gasteiger partial charge in [-0.05, 0) is 30.3 Å². The van der Waals surface area contributed by atoms with Crippen LogP contribution in [0.1, 0.15) is 6.42 Å². The Morgan fingerprint density at radius 2 is 1.93 bits per heavy atom. The first-order valence-electron chi connectivity index (χ1n) is 8.31. The van der Waals surface area contributed by atoms with E-state index < -0.39 is 41.9 Å². The first kappa shape index (κ1) is 19.8. The number of esters is 1. The monoisotopic (exact) mass is 408 g/mol. The summed E-state index contributed by atoms with van der Waals surface area (Å²) < 4.78 is 32.4. The normalized spacial score (nSPS) is 16.2. The number of nitrogens with zero attached hydrogens (tertiary/aromatic N) is 1. The summed E-state index contributed by atoms with van der Waals surface area (Å²) in [6, 6.07) is 9.44. The van der Waals surface area contributed by atoms with Gasteiger partial charge in [-0.15, -0.1) is 0 Å². The van der Waals surface area contributed by atoms with Crippen molar-refractivity contribution in [3.63, 3.8) is 0 Å². The molecule has 1 saturated heterocycles. The van der Waals surface area contributed by atoms with E-state index >= 15 is 0 Å². The summed E-state index contributed by atoms with van der Waals surface area (Å²) in [6.45, 7) is -0.697. The van der Waals surface area contributed by atoms with E-state index in [2.05, 4.69) is 5.32 Å². The number of halogens is 3. The molecule has 2 aromatic carbocycles. The van der Waals surface area contributed by atoms with Crippen LogP contribution in [-0.2, 0) is 19.1 Å². The highest BCUT2D eigenvalue weighted by atomic mass is 35.5. The zero-order chi connectivity index (χ0) is 20.3. The van der Waals surface area contributed by atoms with E-state index in [1.165, 1.54) is 35.2 Å². The lowest BCUT2D eigenvalue weighted by atomic mass is 10.1. The molecule has 0 aliphatic carbocycles. The molecule has 6 nitrogen and oxygen atoms in total. The molecule has 1 aliphatic heterocycles. The number of para-hydroxylation sites is 1. The number of hydrogen-bond donors (Lipinski definition) is 1. The minimum Gasteiger partial charge on any atom is -0.455 e. The van der Waals surface area contributed by atoms with Gasteiger partial charge in [-0.3, -0.25) is 14.4 Å². The van der Waals surface area contributed by atoms with E-state index in [9.17, 15) is 23.2 Å². The second kappa shape index (κ2) is 8.35. The predicted octanol–water partition coefficient (Wildman–Crippen LogP) is 3.15. The van der Waals surface area contributed by atoms with Gasteiger partial charge in [0.1, 0.15) is 11.6 Å². The number of hydrogen-bond acceptors (Lipinski definition) is 4. The Balaban J connectivity index is 1.54. The maximum Gasteiger partial charge on any atom is 0.311 e. The molecule has 0 unspecified atom stereocenters. The second-order valence-electron chi connectivity index (χ2n) is 6.14. The van der Waals surface area contributed by atoms with Crippen molar-refractivity contribution in [3.8, 4) is 0 Å². The lowest BCUT2D eigenvalue weighted by Crippen LogP contribution is -2.28. The van der Waals surface area contributed by atoms with Crippen molar-refractivity contribution in [1.82, 2.24) is 0 Å². The van der Waals surface area contributed by atoms with E-state index in [1.54, 1.807) is 6.07 Å². The van der Waals surface area contributed by atoms with Crippen molar-refractivity contribution in [2.75, 3.05) is 23.4 Å². The van der Waals surface area contributed by atoms with E-state index in [4.69, 9.17) is 16.3 Å². The van der Waals surface area contributed by atoms with Crippen LogP contribution in [0.4, 0.5) is 20.2 Å². The smallest absolute Gasteiger partial charge is 0.311 e. The highest BCUT2D eigenvalue weighted by Gasteiger charge is 2.37. The van der Waals surface area contributed by atoms with Crippen LogP contribution in [0.2, 0.25) is 5.02 Å². The predicted molar refractivity (Wildman–Crippen MR) is 97.9 cm³/mol. The van der Waals surface area contributed by atoms with E-state index in [0.717, 1.165) is 6.07 Å². The molecule has 0 saturated carbocycles. The van der Waals surface area contributed by atoms with E-state index in [0.29, 0.717) is 0 Å². The van der Waals surface area contributed by atoms with Crippen LogP contribution in [0.5, 0.6) is 0 Å². The van der Waals surface area contributed by atoms with Crippen LogP contribution in [0, 0.1) is 17.6 Å². The third-order valence-corrected chi connectivity index (χ3v) is 4.39. The van der Waals surface area contributed by atoms with Gasteiger partial charge in [0, 0.05) is 18.0 Å². The average Bonchev–Trinajstić information content (AvgIpc) is 3.04. The van der Waals surface area contributed by atoms with Gasteiger partial charge in [0.25, 0.3) is 5.91 Å². The first-order valence-corrected chi connectivity index (χ1v) is 8.69. The lowest BCUT2D eigenvalue weighted by Gasteiger charge is -2.17. The summed E-state index contributed by atoms with van der Waals surface area (Å²) in [7, 11) is 0. The van der Waals surface area contributed by atoms with E-state index in [1.807, 2.05) is 0 Å². The standard InChI is InChI=1S/C19H15ClF2N2O4/c20-12-5-6-15(14(22)8-12)23-17(25)10-28-19(27)11-7-18(26)24(9-11)16-4-2-1-3-13(16)21/h1-6,8,11H,7,9-10H2,(H,23,25)/t11-/m1/s1. The van der Waals surface area contributed by atoms with Crippen LogP contribution in [0.15, 0.2) is 42.5 Å². The number of amides is 2. The van der Waals surface area contributed by atoms with Gasteiger partial charge >= 0.3 is 5.97 Å². The summed E-state index contributed by atoms with van der Waals surface area (Å²) in [5, 5.41) is 2.43. The molecule has 1 aliphatic rings. The van der Waals surface area contributed by atoms with Gasteiger partial charge in [-0.1, -0.05) is 23.7 Å². The Morgan fingerprint density at radius 3 is 2.64 bits per heavy atom. The van der Waals surface area contributed by atoms with Crippen molar-refractivity contribution in [1.29, 1.82) is 0 Å². The number of benzene rings is 2. The van der Waals surface area contributed by atoms with Crippen LogP contribution >= 0.6 is 11.6 Å². The van der Waals surface area contributed by atoms with Gasteiger partial charge in [0.2, 0.25) is 5.91 Å². The number of nitrogens with one attached hydrogen (secondary N) is 1. The maximum atomic E-state index is 13.9. The molecule has 3 rings (SSSR count). The second-order valence-corrected chi connectivity index (χ2v) is 6.57. The zero-order valence-corrected chi connectivity index (χ0v) is 15.2. The number of ether oxygens (including phenoxy) is 1. The molecular formula is C19H15ClF2N2O4. The quantitative estimate of drug-likeness (QED) is 0.771. The molecule has 1 heterocycles. The molecule has 0 radical (unpaired) electrons. The SMILES string of the molecule is O=C(COC(=O)[C@@H]1CC(=O)N(c2ccccc2F)C1)Nc1ccc(Cl)cc1F. The van der Waals surface area contributed by atoms with Crippen molar-refractivity contribution in [3.05, 3.63) is 59.1 Å². The van der Waals surface area contributed by atoms with Gasteiger partial charge in [-0.2, -0.15) is 0 Å². The highest BCUT2D eigenvalue weighted by molar-refractivity contribution is 6.30. The molecule has 1 atom stereocenters.